The Hall–Kier alpha value is -1.72. The second-order valence-corrected chi connectivity index (χ2v) is 3.95. The van der Waals surface area contributed by atoms with Gasteiger partial charge in [-0.2, -0.15) is 0 Å². The van der Waals surface area contributed by atoms with Crippen molar-refractivity contribution in [2.24, 2.45) is 0 Å². The molecule has 2 heteroatoms. The Morgan fingerprint density at radius 2 is 2.25 bits per heavy atom. The average Bonchev–Trinajstić information content (AvgIpc) is 2.67. The van der Waals surface area contributed by atoms with Gasteiger partial charge in [-0.15, -0.1) is 6.42 Å². The average molecular weight is 212 g/mol. The summed E-state index contributed by atoms with van der Waals surface area (Å²) in [6, 6.07) is 8.68. The molecule has 0 aliphatic heterocycles. The maximum atomic E-state index is 5.18. The number of aryl methyl sites for hydroxylation is 1. The first kappa shape index (κ1) is 10.8. The van der Waals surface area contributed by atoms with Gasteiger partial charge in [0.1, 0.15) is 0 Å². The van der Waals surface area contributed by atoms with Crippen LogP contribution in [0.2, 0.25) is 0 Å². The van der Waals surface area contributed by atoms with Crippen LogP contribution in [-0.2, 0) is 6.54 Å². The molecule has 2 rings (SSSR count). The third-order valence-electron chi connectivity index (χ3n) is 2.68. The minimum absolute atomic E-state index is 0.637. The molecular formula is C14H16N2. The van der Waals surface area contributed by atoms with E-state index in [-0.39, 0.29) is 0 Å². The van der Waals surface area contributed by atoms with E-state index in [0.717, 1.165) is 13.1 Å². The molecule has 2 nitrogen and oxygen atoms in total. The molecule has 0 radical (unpaired) electrons. The fraction of sp³-hybridized carbons (Fsp3) is 0.286. The van der Waals surface area contributed by atoms with Crippen LogP contribution in [0.15, 0.2) is 30.5 Å². The number of hydrogen-bond donors (Lipinski definition) is 1. The zero-order valence-electron chi connectivity index (χ0n) is 9.53. The molecule has 0 aliphatic rings. The Kier molecular flexibility index (Phi) is 3.28. The predicted octanol–water partition coefficient (Wildman–Crippen LogP) is 2.17. The molecule has 2 aromatic rings. The van der Waals surface area contributed by atoms with Crippen molar-refractivity contribution in [1.29, 1.82) is 0 Å². The number of rotatable bonds is 4. The van der Waals surface area contributed by atoms with Crippen molar-refractivity contribution in [3.63, 3.8) is 0 Å². The summed E-state index contributed by atoms with van der Waals surface area (Å²) in [5.41, 5.74) is 2.59. The maximum absolute atomic E-state index is 5.18. The molecule has 1 aromatic heterocycles. The Balaban J connectivity index is 2.10. The lowest BCUT2D eigenvalue weighted by Gasteiger charge is -2.05. The van der Waals surface area contributed by atoms with Crippen molar-refractivity contribution in [3.05, 3.63) is 36.0 Å². The van der Waals surface area contributed by atoms with Gasteiger partial charge in [-0.3, -0.25) is 0 Å². The number of nitrogens with zero attached hydrogens (tertiary/aromatic N) is 1. The molecule has 0 fully saturated rings. The van der Waals surface area contributed by atoms with Gasteiger partial charge < -0.3 is 9.88 Å². The normalized spacial score (nSPS) is 10.5. The zero-order chi connectivity index (χ0) is 11.4. The molecule has 1 heterocycles. The monoisotopic (exact) mass is 212 g/mol. The first-order valence-corrected chi connectivity index (χ1v) is 5.51. The molecule has 82 valence electrons. The molecular weight excluding hydrogens is 196 g/mol. The highest BCUT2D eigenvalue weighted by Gasteiger charge is 1.99. The van der Waals surface area contributed by atoms with Crippen LogP contribution < -0.4 is 5.32 Å². The predicted molar refractivity (Wildman–Crippen MR) is 68.4 cm³/mol. The summed E-state index contributed by atoms with van der Waals surface area (Å²) in [7, 11) is 0. The van der Waals surface area contributed by atoms with E-state index in [1.165, 1.54) is 16.5 Å². The van der Waals surface area contributed by atoms with Gasteiger partial charge in [0, 0.05) is 24.8 Å². The van der Waals surface area contributed by atoms with Crippen molar-refractivity contribution >= 4 is 10.9 Å². The second kappa shape index (κ2) is 4.87. The van der Waals surface area contributed by atoms with Crippen molar-refractivity contribution < 1.29 is 0 Å². The molecule has 16 heavy (non-hydrogen) atoms. The van der Waals surface area contributed by atoms with E-state index in [0.29, 0.717) is 6.54 Å². The van der Waals surface area contributed by atoms with Crippen LogP contribution in [0.5, 0.6) is 0 Å². The van der Waals surface area contributed by atoms with E-state index in [2.05, 4.69) is 53.2 Å². The number of benzene rings is 1. The molecule has 1 N–H and O–H groups in total. The minimum atomic E-state index is 0.637. The molecule has 0 spiro atoms. The Bertz CT molecular complexity index is 517. The van der Waals surface area contributed by atoms with E-state index in [1.54, 1.807) is 0 Å². The van der Waals surface area contributed by atoms with Gasteiger partial charge in [0.05, 0.1) is 6.54 Å². The van der Waals surface area contributed by atoms with Gasteiger partial charge in [-0.1, -0.05) is 17.6 Å². The van der Waals surface area contributed by atoms with Crippen molar-refractivity contribution in [3.8, 4) is 12.3 Å². The molecule has 0 aliphatic carbocycles. The summed E-state index contributed by atoms with van der Waals surface area (Å²) in [6.45, 7) is 4.61. The van der Waals surface area contributed by atoms with E-state index >= 15 is 0 Å². The van der Waals surface area contributed by atoms with Gasteiger partial charge >= 0.3 is 0 Å². The van der Waals surface area contributed by atoms with Gasteiger partial charge in [0.2, 0.25) is 0 Å². The highest BCUT2D eigenvalue weighted by atomic mass is 15.0. The summed E-state index contributed by atoms with van der Waals surface area (Å²) in [5.74, 6) is 2.57. The number of aromatic nitrogens is 1. The molecule has 0 atom stereocenters. The minimum Gasteiger partial charge on any atom is -0.346 e. The molecule has 0 saturated carbocycles. The standard InChI is InChI=1S/C14H16N2/c1-3-7-15-8-10-16-9-6-13-11-12(2)4-5-14(13)16/h1,4-6,9,11,15H,7-8,10H2,2H3. The quantitative estimate of drug-likeness (QED) is 0.607. The van der Waals surface area contributed by atoms with E-state index in [4.69, 9.17) is 6.42 Å². The highest BCUT2D eigenvalue weighted by molar-refractivity contribution is 5.80. The third-order valence-corrected chi connectivity index (χ3v) is 2.68. The third kappa shape index (κ3) is 2.26. The summed E-state index contributed by atoms with van der Waals surface area (Å²) in [6.07, 6.45) is 7.30. The Labute approximate surface area is 96.3 Å². The van der Waals surface area contributed by atoms with Crippen LogP contribution in [-0.4, -0.2) is 17.7 Å². The molecule has 0 amide bonds. The van der Waals surface area contributed by atoms with Crippen LogP contribution in [0.1, 0.15) is 5.56 Å². The van der Waals surface area contributed by atoms with Crippen molar-refractivity contribution in [2.75, 3.05) is 13.1 Å². The molecule has 1 aromatic carbocycles. The van der Waals surface area contributed by atoms with E-state index < -0.39 is 0 Å². The topological polar surface area (TPSA) is 17.0 Å². The first-order valence-electron chi connectivity index (χ1n) is 5.51. The van der Waals surface area contributed by atoms with Crippen LogP contribution >= 0.6 is 0 Å². The fourth-order valence-electron chi connectivity index (χ4n) is 1.87. The number of nitrogens with one attached hydrogen (secondary N) is 1. The van der Waals surface area contributed by atoms with Gasteiger partial charge in [0.25, 0.3) is 0 Å². The molecule has 0 bridgehead atoms. The lowest BCUT2D eigenvalue weighted by Crippen LogP contribution is -2.19. The summed E-state index contributed by atoms with van der Waals surface area (Å²) in [4.78, 5) is 0. The maximum Gasteiger partial charge on any atom is 0.0574 e. The van der Waals surface area contributed by atoms with E-state index in [9.17, 15) is 0 Å². The lowest BCUT2D eigenvalue weighted by atomic mass is 10.2. The van der Waals surface area contributed by atoms with Gasteiger partial charge in [-0.05, 0) is 30.5 Å². The second-order valence-electron chi connectivity index (χ2n) is 3.95. The first-order chi connectivity index (χ1) is 7.81. The summed E-state index contributed by atoms with van der Waals surface area (Å²) >= 11 is 0. The van der Waals surface area contributed by atoms with Gasteiger partial charge in [0.15, 0.2) is 0 Å². The zero-order valence-corrected chi connectivity index (χ0v) is 9.53. The van der Waals surface area contributed by atoms with Crippen molar-refractivity contribution in [1.82, 2.24) is 9.88 Å². The molecule has 0 saturated heterocycles. The van der Waals surface area contributed by atoms with Crippen LogP contribution in [0, 0.1) is 19.3 Å². The fourth-order valence-corrected chi connectivity index (χ4v) is 1.87. The largest absolute Gasteiger partial charge is 0.346 e. The van der Waals surface area contributed by atoms with Crippen molar-refractivity contribution in [2.45, 2.75) is 13.5 Å². The van der Waals surface area contributed by atoms with Crippen LogP contribution in [0.4, 0.5) is 0 Å². The van der Waals surface area contributed by atoms with Crippen LogP contribution in [0.25, 0.3) is 10.9 Å². The van der Waals surface area contributed by atoms with Gasteiger partial charge in [-0.25, -0.2) is 0 Å². The summed E-state index contributed by atoms with van der Waals surface area (Å²) in [5, 5.41) is 4.50. The highest BCUT2D eigenvalue weighted by Crippen LogP contribution is 2.16. The molecule has 0 unspecified atom stereocenters. The Morgan fingerprint density at radius 3 is 3.06 bits per heavy atom. The van der Waals surface area contributed by atoms with E-state index in [1.807, 2.05) is 0 Å². The smallest absolute Gasteiger partial charge is 0.0574 e. The number of hydrogen-bond acceptors (Lipinski definition) is 1. The number of fused-ring (bicyclic) bond motifs is 1. The SMILES string of the molecule is C#CCNCCn1ccc2cc(C)ccc21. The Morgan fingerprint density at radius 1 is 1.38 bits per heavy atom. The lowest BCUT2D eigenvalue weighted by molar-refractivity contribution is 0.644. The van der Waals surface area contributed by atoms with Crippen LogP contribution in [0.3, 0.4) is 0 Å². The summed E-state index contributed by atoms with van der Waals surface area (Å²) < 4.78 is 2.25. The number of terminal acetylenes is 1.